The van der Waals surface area contributed by atoms with E-state index in [2.05, 4.69) is 15.5 Å². The standard InChI is InChI=1S/C20H20N4O2/c25-19(20(13-7-8-14-20)16-9-3-1-4-10-16)26-15-18-21-22-23-24(18)17-11-5-2-6-12-17/h1-6,9-12H,7-8,13-15H2. The molecule has 1 heterocycles. The van der Waals surface area contributed by atoms with Crippen LogP contribution in [0.3, 0.4) is 0 Å². The zero-order valence-electron chi connectivity index (χ0n) is 14.4. The summed E-state index contributed by atoms with van der Waals surface area (Å²) < 4.78 is 7.28. The van der Waals surface area contributed by atoms with E-state index in [0.29, 0.717) is 5.82 Å². The van der Waals surface area contributed by atoms with Gasteiger partial charge in [0.05, 0.1) is 11.1 Å². The molecule has 0 amide bonds. The minimum Gasteiger partial charge on any atom is -0.457 e. The van der Waals surface area contributed by atoms with Crippen LogP contribution in [0.5, 0.6) is 0 Å². The Morgan fingerprint density at radius 3 is 2.35 bits per heavy atom. The van der Waals surface area contributed by atoms with Crippen LogP contribution in [0.2, 0.25) is 0 Å². The Hall–Kier alpha value is -3.02. The summed E-state index contributed by atoms with van der Waals surface area (Å²) in [5.74, 6) is 0.314. The molecule has 132 valence electrons. The minimum atomic E-state index is -0.549. The second kappa shape index (κ2) is 7.07. The fraction of sp³-hybridized carbons (Fsp3) is 0.300. The van der Waals surface area contributed by atoms with Gasteiger partial charge < -0.3 is 4.74 Å². The largest absolute Gasteiger partial charge is 0.457 e. The molecule has 0 bridgehead atoms. The molecule has 0 saturated heterocycles. The van der Waals surface area contributed by atoms with Crippen LogP contribution < -0.4 is 0 Å². The predicted octanol–water partition coefficient (Wildman–Crippen LogP) is 3.22. The van der Waals surface area contributed by atoms with E-state index >= 15 is 0 Å². The number of carbonyl (C=O) groups is 1. The van der Waals surface area contributed by atoms with Gasteiger partial charge in [0.25, 0.3) is 0 Å². The maximum absolute atomic E-state index is 13.0. The Balaban J connectivity index is 1.53. The number of hydrogen-bond donors (Lipinski definition) is 0. The van der Waals surface area contributed by atoms with Crippen molar-refractivity contribution < 1.29 is 9.53 Å². The first kappa shape index (κ1) is 16.4. The molecule has 3 aromatic rings. The first-order valence-electron chi connectivity index (χ1n) is 8.85. The van der Waals surface area contributed by atoms with Crippen molar-refractivity contribution in [3.63, 3.8) is 0 Å². The van der Waals surface area contributed by atoms with Gasteiger partial charge in [-0.15, -0.1) is 5.10 Å². The zero-order chi connectivity index (χ0) is 17.8. The molecule has 26 heavy (non-hydrogen) atoms. The molecule has 1 saturated carbocycles. The van der Waals surface area contributed by atoms with Gasteiger partial charge in [-0.25, -0.2) is 0 Å². The van der Waals surface area contributed by atoms with Crippen LogP contribution in [0.15, 0.2) is 60.7 Å². The number of benzene rings is 2. The lowest BCUT2D eigenvalue weighted by Gasteiger charge is -2.27. The molecule has 1 aromatic heterocycles. The summed E-state index contributed by atoms with van der Waals surface area (Å²) in [4.78, 5) is 13.0. The quantitative estimate of drug-likeness (QED) is 0.662. The van der Waals surface area contributed by atoms with Gasteiger partial charge in [0.1, 0.15) is 0 Å². The summed E-state index contributed by atoms with van der Waals surface area (Å²) >= 11 is 0. The molecule has 2 aromatic carbocycles. The number of rotatable bonds is 5. The van der Waals surface area contributed by atoms with Gasteiger partial charge in [-0.3, -0.25) is 4.79 Å². The molecule has 0 aliphatic heterocycles. The van der Waals surface area contributed by atoms with Crippen molar-refractivity contribution in [1.82, 2.24) is 20.2 Å². The maximum atomic E-state index is 13.0. The van der Waals surface area contributed by atoms with E-state index in [9.17, 15) is 4.79 Å². The Morgan fingerprint density at radius 2 is 1.65 bits per heavy atom. The Morgan fingerprint density at radius 1 is 1.00 bits per heavy atom. The van der Waals surface area contributed by atoms with Crippen molar-refractivity contribution in [2.24, 2.45) is 0 Å². The smallest absolute Gasteiger partial charge is 0.317 e. The van der Waals surface area contributed by atoms with E-state index in [0.717, 1.165) is 36.9 Å². The van der Waals surface area contributed by atoms with E-state index < -0.39 is 5.41 Å². The van der Waals surface area contributed by atoms with Crippen LogP contribution >= 0.6 is 0 Å². The first-order valence-corrected chi connectivity index (χ1v) is 8.85. The third kappa shape index (κ3) is 2.98. The lowest BCUT2D eigenvalue weighted by atomic mass is 9.79. The summed E-state index contributed by atoms with van der Waals surface area (Å²) in [6, 6.07) is 19.5. The van der Waals surface area contributed by atoms with Crippen LogP contribution in [-0.4, -0.2) is 26.2 Å². The van der Waals surface area contributed by atoms with Gasteiger partial charge in [0.2, 0.25) is 0 Å². The third-order valence-corrected chi connectivity index (χ3v) is 5.04. The molecule has 0 unspecified atom stereocenters. The highest BCUT2D eigenvalue weighted by Gasteiger charge is 2.44. The summed E-state index contributed by atoms with van der Waals surface area (Å²) in [5.41, 5.74) is 1.32. The van der Waals surface area contributed by atoms with Crippen molar-refractivity contribution in [3.05, 3.63) is 72.1 Å². The van der Waals surface area contributed by atoms with E-state index in [-0.39, 0.29) is 12.6 Å². The molecule has 1 fully saturated rings. The second-order valence-electron chi connectivity index (χ2n) is 6.57. The lowest BCUT2D eigenvalue weighted by Crippen LogP contribution is -2.34. The molecular weight excluding hydrogens is 328 g/mol. The minimum absolute atomic E-state index is 0.0509. The predicted molar refractivity (Wildman–Crippen MR) is 95.5 cm³/mol. The Kier molecular flexibility index (Phi) is 4.48. The van der Waals surface area contributed by atoms with Gasteiger partial charge in [-0.05, 0) is 41.0 Å². The summed E-state index contributed by atoms with van der Waals surface area (Å²) in [6.45, 7) is 0.0509. The van der Waals surface area contributed by atoms with Gasteiger partial charge in [-0.2, -0.15) is 4.68 Å². The topological polar surface area (TPSA) is 69.9 Å². The van der Waals surface area contributed by atoms with Gasteiger partial charge in [0, 0.05) is 0 Å². The highest BCUT2D eigenvalue weighted by atomic mass is 16.5. The molecule has 0 radical (unpaired) electrons. The molecular formula is C20H20N4O2. The fourth-order valence-corrected chi connectivity index (χ4v) is 3.68. The lowest BCUT2D eigenvalue weighted by molar-refractivity contribution is -0.152. The zero-order valence-corrected chi connectivity index (χ0v) is 14.4. The average Bonchev–Trinajstić information content (AvgIpc) is 3.38. The summed E-state index contributed by atoms with van der Waals surface area (Å²) in [7, 11) is 0. The molecule has 1 aliphatic rings. The highest BCUT2D eigenvalue weighted by Crippen LogP contribution is 2.42. The summed E-state index contributed by atoms with van der Waals surface area (Å²) in [6.07, 6.45) is 3.70. The van der Waals surface area contributed by atoms with Crippen molar-refractivity contribution >= 4 is 5.97 Å². The average molecular weight is 348 g/mol. The monoisotopic (exact) mass is 348 g/mol. The molecule has 0 atom stereocenters. The number of para-hydroxylation sites is 1. The number of ether oxygens (including phenoxy) is 1. The number of carbonyl (C=O) groups excluding carboxylic acids is 1. The summed E-state index contributed by atoms with van der Waals surface area (Å²) in [5, 5.41) is 11.7. The first-order chi connectivity index (χ1) is 12.8. The maximum Gasteiger partial charge on any atom is 0.317 e. The van der Waals surface area contributed by atoms with Gasteiger partial charge >= 0.3 is 5.97 Å². The molecule has 1 aliphatic carbocycles. The van der Waals surface area contributed by atoms with Gasteiger partial charge in [0.15, 0.2) is 12.4 Å². The van der Waals surface area contributed by atoms with E-state index in [1.54, 1.807) is 4.68 Å². The fourth-order valence-electron chi connectivity index (χ4n) is 3.68. The van der Waals surface area contributed by atoms with Crippen molar-refractivity contribution in [1.29, 1.82) is 0 Å². The van der Waals surface area contributed by atoms with Gasteiger partial charge in [-0.1, -0.05) is 61.4 Å². The van der Waals surface area contributed by atoms with E-state index in [1.807, 2.05) is 60.7 Å². The van der Waals surface area contributed by atoms with E-state index in [1.165, 1.54) is 0 Å². The molecule has 4 rings (SSSR count). The Bertz CT molecular complexity index is 871. The highest BCUT2D eigenvalue weighted by molar-refractivity contribution is 5.83. The van der Waals surface area contributed by atoms with Crippen LogP contribution in [0.1, 0.15) is 37.1 Å². The Labute approximate surface area is 151 Å². The van der Waals surface area contributed by atoms with Crippen LogP contribution in [0.4, 0.5) is 0 Å². The SMILES string of the molecule is O=C(OCc1nnnn1-c1ccccc1)C1(c2ccccc2)CCCC1. The number of nitrogens with zero attached hydrogens (tertiary/aromatic N) is 4. The number of esters is 1. The normalized spacial score (nSPS) is 15.7. The van der Waals surface area contributed by atoms with Crippen molar-refractivity contribution in [3.8, 4) is 5.69 Å². The number of aromatic nitrogens is 4. The molecule has 0 spiro atoms. The molecule has 0 N–H and O–H groups in total. The number of hydrogen-bond acceptors (Lipinski definition) is 5. The molecule has 6 heteroatoms. The van der Waals surface area contributed by atoms with Crippen LogP contribution in [-0.2, 0) is 21.6 Å². The van der Waals surface area contributed by atoms with Crippen LogP contribution in [0.25, 0.3) is 5.69 Å². The second-order valence-corrected chi connectivity index (χ2v) is 6.57. The van der Waals surface area contributed by atoms with Crippen molar-refractivity contribution in [2.75, 3.05) is 0 Å². The number of tetrazole rings is 1. The molecule has 6 nitrogen and oxygen atoms in total. The van der Waals surface area contributed by atoms with Crippen molar-refractivity contribution in [2.45, 2.75) is 37.7 Å². The van der Waals surface area contributed by atoms with E-state index in [4.69, 9.17) is 4.74 Å². The van der Waals surface area contributed by atoms with Crippen LogP contribution in [0, 0.1) is 0 Å². The third-order valence-electron chi connectivity index (χ3n) is 5.04.